The molecule has 2 aromatic rings. The first-order valence-electron chi connectivity index (χ1n) is 5.15. The number of aromatic amines is 1. The van der Waals surface area contributed by atoms with Crippen molar-refractivity contribution in [3.8, 4) is 0 Å². The van der Waals surface area contributed by atoms with Crippen molar-refractivity contribution < 1.29 is 14.7 Å². The molecule has 0 bridgehead atoms. The summed E-state index contributed by atoms with van der Waals surface area (Å²) < 4.78 is 0. The minimum absolute atomic E-state index is 0.0796. The van der Waals surface area contributed by atoms with Gasteiger partial charge < -0.3 is 15.4 Å². The Balaban J connectivity index is 2.22. The molecular formula is C12H8Cl2N2O3. The standard InChI is InChI=1S/C12H8Cl2N2O3/c13-6-3-10(15-5-6)11(17)16-7-1-2-9(14)8(4-7)12(18)19/h1-5,15H,(H,16,17)(H,18,19). The smallest absolute Gasteiger partial charge is 0.337 e. The zero-order chi connectivity index (χ0) is 14.0. The summed E-state index contributed by atoms with van der Waals surface area (Å²) >= 11 is 11.4. The SMILES string of the molecule is O=C(Nc1ccc(Cl)c(C(=O)O)c1)c1cc(Cl)c[nH]1. The average Bonchev–Trinajstić information content (AvgIpc) is 2.78. The molecule has 2 rings (SSSR count). The summed E-state index contributed by atoms with van der Waals surface area (Å²) in [4.78, 5) is 25.4. The van der Waals surface area contributed by atoms with Gasteiger partial charge in [-0.15, -0.1) is 0 Å². The summed E-state index contributed by atoms with van der Waals surface area (Å²) in [7, 11) is 0. The Morgan fingerprint density at radius 3 is 2.53 bits per heavy atom. The number of H-pyrrole nitrogens is 1. The number of carboxylic acid groups (broad SMARTS) is 1. The van der Waals surface area contributed by atoms with Crippen LogP contribution in [-0.2, 0) is 0 Å². The van der Waals surface area contributed by atoms with Crippen LogP contribution in [0.5, 0.6) is 0 Å². The minimum atomic E-state index is -1.16. The van der Waals surface area contributed by atoms with Crippen molar-refractivity contribution in [1.29, 1.82) is 0 Å². The summed E-state index contributed by atoms with van der Waals surface area (Å²) in [6.07, 6.45) is 1.47. The molecule has 98 valence electrons. The van der Waals surface area contributed by atoms with Gasteiger partial charge in [0.2, 0.25) is 0 Å². The number of halogens is 2. The molecule has 3 N–H and O–H groups in total. The second kappa shape index (κ2) is 5.34. The summed E-state index contributed by atoms with van der Waals surface area (Å²) in [5.74, 6) is -1.59. The van der Waals surface area contributed by atoms with Gasteiger partial charge >= 0.3 is 5.97 Å². The number of hydrogen-bond donors (Lipinski definition) is 3. The van der Waals surface area contributed by atoms with Gasteiger partial charge in [-0.25, -0.2) is 4.79 Å². The Hall–Kier alpha value is -1.98. The second-order valence-corrected chi connectivity index (χ2v) is 4.53. The first kappa shape index (κ1) is 13.5. The molecule has 0 saturated carbocycles. The maximum atomic E-state index is 11.8. The van der Waals surface area contributed by atoms with Crippen LogP contribution in [0.1, 0.15) is 20.8 Å². The first-order chi connectivity index (χ1) is 8.97. The number of benzene rings is 1. The van der Waals surface area contributed by atoms with Crippen LogP contribution >= 0.6 is 23.2 Å². The lowest BCUT2D eigenvalue weighted by atomic mass is 10.2. The quantitative estimate of drug-likeness (QED) is 0.813. The molecule has 0 saturated heterocycles. The van der Waals surface area contributed by atoms with E-state index in [-0.39, 0.29) is 16.3 Å². The predicted molar refractivity (Wildman–Crippen MR) is 72.2 cm³/mol. The number of anilines is 1. The lowest BCUT2D eigenvalue weighted by Gasteiger charge is -2.06. The first-order valence-corrected chi connectivity index (χ1v) is 5.91. The molecule has 5 nitrogen and oxygen atoms in total. The fourth-order valence-corrected chi connectivity index (χ4v) is 1.83. The zero-order valence-electron chi connectivity index (χ0n) is 9.41. The van der Waals surface area contributed by atoms with E-state index in [9.17, 15) is 9.59 Å². The summed E-state index contributed by atoms with van der Waals surface area (Å²) in [5.41, 5.74) is 0.526. The highest BCUT2D eigenvalue weighted by atomic mass is 35.5. The molecule has 0 atom stereocenters. The Bertz CT molecular complexity index is 652. The lowest BCUT2D eigenvalue weighted by Crippen LogP contribution is -2.12. The molecule has 0 spiro atoms. The van der Waals surface area contributed by atoms with Crippen molar-refractivity contribution >= 4 is 40.8 Å². The second-order valence-electron chi connectivity index (χ2n) is 3.69. The van der Waals surface area contributed by atoms with Crippen LogP contribution in [0, 0.1) is 0 Å². The largest absolute Gasteiger partial charge is 0.478 e. The molecule has 1 amide bonds. The third-order valence-corrected chi connectivity index (χ3v) is 2.89. The summed E-state index contributed by atoms with van der Waals surface area (Å²) in [6.45, 7) is 0. The number of hydrogen-bond acceptors (Lipinski definition) is 2. The van der Waals surface area contributed by atoms with E-state index in [1.165, 1.54) is 30.5 Å². The van der Waals surface area contributed by atoms with Crippen molar-refractivity contribution in [1.82, 2.24) is 4.98 Å². The number of nitrogens with one attached hydrogen (secondary N) is 2. The van der Waals surface area contributed by atoms with E-state index in [2.05, 4.69) is 10.3 Å². The van der Waals surface area contributed by atoms with Crippen LogP contribution in [0.15, 0.2) is 30.5 Å². The van der Waals surface area contributed by atoms with Gasteiger partial charge in [-0.3, -0.25) is 4.79 Å². The molecule has 0 fully saturated rings. The van der Waals surface area contributed by atoms with Crippen molar-refractivity contribution in [3.05, 3.63) is 51.8 Å². The molecular weight excluding hydrogens is 291 g/mol. The van der Waals surface area contributed by atoms with Crippen molar-refractivity contribution in [3.63, 3.8) is 0 Å². The van der Waals surface area contributed by atoms with E-state index in [0.717, 1.165) is 0 Å². The third kappa shape index (κ3) is 3.07. The number of rotatable bonds is 3. The number of carbonyl (C=O) groups excluding carboxylic acids is 1. The Morgan fingerprint density at radius 1 is 1.21 bits per heavy atom. The van der Waals surface area contributed by atoms with Crippen LogP contribution < -0.4 is 5.32 Å². The van der Waals surface area contributed by atoms with Crippen molar-refractivity contribution in [2.75, 3.05) is 5.32 Å². The number of carboxylic acids is 1. The number of aromatic nitrogens is 1. The number of amides is 1. The molecule has 1 heterocycles. The fraction of sp³-hybridized carbons (Fsp3) is 0. The van der Waals surface area contributed by atoms with Gasteiger partial charge in [0, 0.05) is 11.9 Å². The lowest BCUT2D eigenvalue weighted by molar-refractivity contribution is 0.0696. The highest BCUT2D eigenvalue weighted by molar-refractivity contribution is 6.33. The number of aromatic carboxylic acids is 1. The Labute approximate surface area is 118 Å². The Morgan fingerprint density at radius 2 is 1.95 bits per heavy atom. The fourth-order valence-electron chi connectivity index (χ4n) is 1.46. The highest BCUT2D eigenvalue weighted by Gasteiger charge is 2.12. The van der Waals surface area contributed by atoms with Crippen LogP contribution in [-0.4, -0.2) is 22.0 Å². The molecule has 19 heavy (non-hydrogen) atoms. The van der Waals surface area contributed by atoms with Crippen LogP contribution in [0.3, 0.4) is 0 Å². The van der Waals surface area contributed by atoms with E-state index in [4.69, 9.17) is 28.3 Å². The van der Waals surface area contributed by atoms with Gasteiger partial charge in [-0.2, -0.15) is 0 Å². The van der Waals surface area contributed by atoms with Gasteiger partial charge in [0.05, 0.1) is 15.6 Å². The molecule has 0 aliphatic rings. The van der Waals surface area contributed by atoms with E-state index in [1.54, 1.807) is 0 Å². The average molecular weight is 299 g/mol. The molecule has 0 unspecified atom stereocenters. The summed E-state index contributed by atoms with van der Waals surface area (Å²) in [6, 6.07) is 5.66. The molecule has 0 radical (unpaired) electrons. The van der Waals surface area contributed by atoms with Crippen molar-refractivity contribution in [2.24, 2.45) is 0 Å². The van der Waals surface area contributed by atoms with Gasteiger partial charge in [0.1, 0.15) is 5.69 Å². The Kier molecular flexibility index (Phi) is 3.78. The topological polar surface area (TPSA) is 82.2 Å². The summed E-state index contributed by atoms with van der Waals surface area (Å²) in [5, 5.41) is 12.0. The van der Waals surface area contributed by atoms with E-state index in [0.29, 0.717) is 10.7 Å². The van der Waals surface area contributed by atoms with Gasteiger partial charge in [-0.05, 0) is 24.3 Å². The van der Waals surface area contributed by atoms with Gasteiger partial charge in [0.15, 0.2) is 0 Å². The van der Waals surface area contributed by atoms with Gasteiger partial charge in [-0.1, -0.05) is 23.2 Å². The van der Waals surface area contributed by atoms with Gasteiger partial charge in [0.25, 0.3) is 5.91 Å². The maximum absolute atomic E-state index is 11.8. The molecule has 0 aliphatic heterocycles. The highest BCUT2D eigenvalue weighted by Crippen LogP contribution is 2.21. The molecule has 7 heteroatoms. The predicted octanol–water partition coefficient (Wildman–Crippen LogP) is 3.27. The zero-order valence-corrected chi connectivity index (χ0v) is 10.9. The number of carbonyl (C=O) groups is 2. The normalized spacial score (nSPS) is 10.2. The van der Waals surface area contributed by atoms with Crippen LogP contribution in [0.4, 0.5) is 5.69 Å². The molecule has 1 aromatic heterocycles. The monoisotopic (exact) mass is 298 g/mol. The maximum Gasteiger partial charge on any atom is 0.337 e. The van der Waals surface area contributed by atoms with E-state index < -0.39 is 11.9 Å². The third-order valence-electron chi connectivity index (χ3n) is 2.35. The minimum Gasteiger partial charge on any atom is -0.478 e. The molecule has 0 aliphatic carbocycles. The van der Waals surface area contributed by atoms with E-state index >= 15 is 0 Å². The van der Waals surface area contributed by atoms with Crippen LogP contribution in [0.2, 0.25) is 10.0 Å². The van der Waals surface area contributed by atoms with E-state index in [1.807, 2.05) is 0 Å². The molecule has 1 aromatic carbocycles. The van der Waals surface area contributed by atoms with Crippen LogP contribution in [0.25, 0.3) is 0 Å². The van der Waals surface area contributed by atoms with Crippen molar-refractivity contribution in [2.45, 2.75) is 0 Å².